The number of aromatic nitrogens is 2. The van der Waals surface area contributed by atoms with Gasteiger partial charge in [-0.05, 0) is 19.8 Å². The van der Waals surface area contributed by atoms with Crippen molar-refractivity contribution in [1.82, 2.24) is 15.0 Å². The second-order valence-corrected chi connectivity index (χ2v) is 5.53. The van der Waals surface area contributed by atoms with Crippen LogP contribution in [0.1, 0.15) is 46.8 Å². The summed E-state index contributed by atoms with van der Waals surface area (Å²) in [5.41, 5.74) is -0.227. The third-order valence-electron chi connectivity index (χ3n) is 3.72. The normalized spacial score (nSPS) is 18.5. The van der Waals surface area contributed by atoms with E-state index in [-0.39, 0.29) is 23.0 Å². The fraction of sp³-hybridized carbons (Fsp3) is 0.467. The van der Waals surface area contributed by atoms with E-state index in [1.54, 1.807) is 18.7 Å². The molecule has 0 N–H and O–H groups in total. The molecule has 1 atom stereocenters. The highest BCUT2D eigenvalue weighted by Gasteiger charge is 2.29. The van der Waals surface area contributed by atoms with Crippen LogP contribution in [0.15, 0.2) is 25.9 Å². The molecule has 7 nitrogen and oxygen atoms in total. The van der Waals surface area contributed by atoms with E-state index >= 15 is 0 Å². The molecule has 0 unspecified atom stereocenters. The Morgan fingerprint density at radius 2 is 2.18 bits per heavy atom. The molecule has 22 heavy (non-hydrogen) atoms. The topological polar surface area (TPSA) is 89.4 Å². The molecule has 0 radical (unpaired) electrons. The van der Waals surface area contributed by atoms with Gasteiger partial charge in [0, 0.05) is 38.1 Å². The maximum absolute atomic E-state index is 12.5. The minimum absolute atomic E-state index is 0.0479. The van der Waals surface area contributed by atoms with Crippen LogP contribution in [0, 0.1) is 13.8 Å². The Morgan fingerprint density at radius 3 is 2.86 bits per heavy atom. The molecule has 2 aromatic rings. The van der Waals surface area contributed by atoms with Gasteiger partial charge >= 0.3 is 0 Å². The van der Waals surface area contributed by atoms with Crippen LogP contribution in [0.25, 0.3) is 0 Å². The molecule has 1 fully saturated rings. The summed E-state index contributed by atoms with van der Waals surface area (Å²) >= 11 is 0. The van der Waals surface area contributed by atoms with Crippen molar-refractivity contribution in [1.29, 1.82) is 0 Å². The van der Waals surface area contributed by atoms with Crippen molar-refractivity contribution in [2.45, 2.75) is 32.6 Å². The molecule has 1 aliphatic heterocycles. The molecule has 1 aliphatic rings. The number of carbonyl (C=O) groups excluding carboxylic acids is 1. The number of hydrogen-bond donors (Lipinski definition) is 0. The van der Waals surface area contributed by atoms with Crippen molar-refractivity contribution in [3.63, 3.8) is 0 Å². The Kier molecular flexibility index (Phi) is 3.79. The fourth-order valence-corrected chi connectivity index (χ4v) is 2.72. The summed E-state index contributed by atoms with van der Waals surface area (Å²) in [6, 6.07) is 2.59. The lowest BCUT2D eigenvalue weighted by Gasteiger charge is -2.30. The lowest BCUT2D eigenvalue weighted by Crippen LogP contribution is -2.39. The molecule has 116 valence electrons. The van der Waals surface area contributed by atoms with E-state index in [4.69, 9.17) is 8.94 Å². The zero-order valence-corrected chi connectivity index (χ0v) is 12.5. The van der Waals surface area contributed by atoms with E-state index < -0.39 is 0 Å². The first-order valence-electron chi connectivity index (χ1n) is 7.24. The molecule has 0 aliphatic carbocycles. The number of rotatable bonds is 2. The summed E-state index contributed by atoms with van der Waals surface area (Å²) in [5.74, 6) is 1.43. The number of amides is 1. The molecular formula is C15H17N3O4. The highest BCUT2D eigenvalue weighted by atomic mass is 16.5. The largest absolute Gasteiger partial charge is 0.456 e. The highest BCUT2D eigenvalue weighted by Crippen LogP contribution is 2.25. The van der Waals surface area contributed by atoms with E-state index in [1.807, 2.05) is 0 Å². The third kappa shape index (κ3) is 2.93. The summed E-state index contributed by atoms with van der Waals surface area (Å²) in [5, 5.41) is 3.94. The SMILES string of the molecule is Cc1cc(=O)cc(C(=O)N2CCC[C@H](c3noc(C)n3)C2)o1. The Morgan fingerprint density at radius 1 is 1.36 bits per heavy atom. The van der Waals surface area contributed by atoms with E-state index in [1.165, 1.54) is 12.1 Å². The minimum atomic E-state index is -0.272. The Balaban J connectivity index is 1.79. The van der Waals surface area contributed by atoms with Gasteiger partial charge < -0.3 is 13.8 Å². The third-order valence-corrected chi connectivity index (χ3v) is 3.72. The molecule has 0 saturated carbocycles. The first-order valence-corrected chi connectivity index (χ1v) is 7.24. The maximum Gasteiger partial charge on any atom is 0.289 e. The summed E-state index contributed by atoms with van der Waals surface area (Å²) in [6.45, 7) is 4.52. The van der Waals surface area contributed by atoms with Crippen molar-refractivity contribution in [3.8, 4) is 0 Å². The van der Waals surface area contributed by atoms with Crippen LogP contribution in [0.4, 0.5) is 0 Å². The molecule has 1 saturated heterocycles. The molecule has 0 spiro atoms. The number of aryl methyl sites for hydroxylation is 2. The highest BCUT2D eigenvalue weighted by molar-refractivity contribution is 5.91. The quantitative estimate of drug-likeness (QED) is 0.838. The second kappa shape index (κ2) is 5.75. The van der Waals surface area contributed by atoms with Crippen LogP contribution < -0.4 is 5.43 Å². The zero-order chi connectivity index (χ0) is 15.7. The summed E-state index contributed by atoms with van der Waals surface area (Å²) in [6.07, 6.45) is 1.75. The molecule has 3 rings (SSSR count). The second-order valence-electron chi connectivity index (χ2n) is 5.53. The predicted octanol–water partition coefficient (Wildman–Crippen LogP) is 1.66. The summed E-state index contributed by atoms with van der Waals surface area (Å²) < 4.78 is 10.4. The van der Waals surface area contributed by atoms with Crippen LogP contribution in [-0.2, 0) is 0 Å². The van der Waals surface area contributed by atoms with E-state index in [0.717, 1.165) is 12.8 Å². The monoisotopic (exact) mass is 303 g/mol. The molecule has 0 aromatic carbocycles. The standard InChI is InChI=1S/C15H17N3O4/c1-9-6-12(19)7-13(21-9)15(20)18-5-3-4-11(8-18)14-16-10(2)22-17-14/h6-7,11H,3-5,8H2,1-2H3/t11-/m0/s1. The fourth-order valence-electron chi connectivity index (χ4n) is 2.72. The summed E-state index contributed by atoms with van der Waals surface area (Å²) in [7, 11) is 0. The van der Waals surface area contributed by atoms with Crippen molar-refractivity contribution in [2.75, 3.05) is 13.1 Å². The lowest BCUT2D eigenvalue weighted by atomic mass is 9.97. The van der Waals surface area contributed by atoms with Crippen molar-refractivity contribution in [2.24, 2.45) is 0 Å². The van der Waals surface area contributed by atoms with Crippen molar-refractivity contribution >= 4 is 5.91 Å². The molecule has 0 bridgehead atoms. The van der Waals surface area contributed by atoms with Crippen LogP contribution >= 0.6 is 0 Å². The number of nitrogens with zero attached hydrogens (tertiary/aromatic N) is 3. The van der Waals surface area contributed by atoms with Gasteiger partial charge in [-0.25, -0.2) is 0 Å². The van der Waals surface area contributed by atoms with Crippen molar-refractivity contribution in [3.05, 3.63) is 45.6 Å². The van der Waals surface area contributed by atoms with Gasteiger partial charge in [0.2, 0.25) is 5.89 Å². The molecular weight excluding hydrogens is 286 g/mol. The lowest BCUT2D eigenvalue weighted by molar-refractivity contribution is 0.0667. The zero-order valence-electron chi connectivity index (χ0n) is 12.5. The van der Waals surface area contributed by atoms with Gasteiger partial charge in [0.05, 0.1) is 0 Å². The van der Waals surface area contributed by atoms with Gasteiger partial charge in [0.1, 0.15) is 5.76 Å². The van der Waals surface area contributed by atoms with Crippen LogP contribution in [0.3, 0.4) is 0 Å². The molecule has 1 amide bonds. The van der Waals surface area contributed by atoms with Crippen molar-refractivity contribution < 1.29 is 13.7 Å². The maximum atomic E-state index is 12.5. The molecule has 7 heteroatoms. The van der Waals surface area contributed by atoms with Gasteiger partial charge in [-0.3, -0.25) is 9.59 Å². The van der Waals surface area contributed by atoms with Gasteiger partial charge in [-0.1, -0.05) is 5.16 Å². The number of carbonyl (C=O) groups is 1. The Hall–Kier alpha value is -2.44. The average molecular weight is 303 g/mol. The average Bonchev–Trinajstić information content (AvgIpc) is 2.92. The van der Waals surface area contributed by atoms with Crippen LogP contribution in [0.5, 0.6) is 0 Å². The van der Waals surface area contributed by atoms with Gasteiger partial charge in [-0.2, -0.15) is 4.98 Å². The predicted molar refractivity (Wildman–Crippen MR) is 76.6 cm³/mol. The smallest absolute Gasteiger partial charge is 0.289 e. The van der Waals surface area contributed by atoms with Gasteiger partial charge in [0.15, 0.2) is 17.0 Å². The van der Waals surface area contributed by atoms with Gasteiger partial charge in [0.25, 0.3) is 5.91 Å². The number of likely N-dealkylation sites (tertiary alicyclic amines) is 1. The summed E-state index contributed by atoms with van der Waals surface area (Å²) in [4.78, 5) is 30.0. The Bertz CT molecular complexity index is 749. The first kappa shape index (κ1) is 14.5. The Labute approximate surface area is 126 Å². The van der Waals surface area contributed by atoms with Crippen LogP contribution in [-0.4, -0.2) is 34.0 Å². The van der Waals surface area contributed by atoms with E-state index in [2.05, 4.69) is 10.1 Å². The van der Waals surface area contributed by atoms with E-state index in [9.17, 15) is 9.59 Å². The first-order chi connectivity index (χ1) is 10.5. The van der Waals surface area contributed by atoms with E-state index in [0.29, 0.717) is 30.6 Å². The van der Waals surface area contributed by atoms with Crippen LogP contribution in [0.2, 0.25) is 0 Å². The molecule has 2 aromatic heterocycles. The number of piperidine rings is 1. The van der Waals surface area contributed by atoms with Gasteiger partial charge in [-0.15, -0.1) is 0 Å². The minimum Gasteiger partial charge on any atom is -0.456 e. The number of hydrogen-bond acceptors (Lipinski definition) is 6. The molecule has 3 heterocycles.